The van der Waals surface area contributed by atoms with Gasteiger partial charge in [-0.1, -0.05) is 30.3 Å². The van der Waals surface area contributed by atoms with E-state index in [-0.39, 0.29) is 18.1 Å². The quantitative estimate of drug-likeness (QED) is 0.625. The fourth-order valence-corrected chi connectivity index (χ4v) is 3.13. The first-order valence-corrected chi connectivity index (χ1v) is 9.50. The molecule has 2 atom stereocenters. The van der Waals surface area contributed by atoms with Gasteiger partial charge in [0.25, 0.3) is 5.91 Å². The van der Waals surface area contributed by atoms with Crippen LogP contribution < -0.4 is 15.7 Å². The van der Waals surface area contributed by atoms with Crippen molar-refractivity contribution in [2.45, 2.75) is 39.9 Å². The van der Waals surface area contributed by atoms with E-state index in [4.69, 9.17) is 9.15 Å². The lowest BCUT2D eigenvalue weighted by Crippen LogP contribution is -2.38. The molecule has 2 aromatic carbocycles. The summed E-state index contributed by atoms with van der Waals surface area (Å²) in [5, 5.41) is 13.7. The molecule has 0 aliphatic heterocycles. The topological polar surface area (TPSA) is 88.8 Å². The van der Waals surface area contributed by atoms with Crippen LogP contribution in [0.3, 0.4) is 0 Å². The minimum atomic E-state index is -0.796. The number of aryl methyl sites for hydroxylation is 2. The van der Waals surface area contributed by atoms with Crippen molar-refractivity contribution in [2.75, 3.05) is 6.54 Å². The standard InChI is InChI=1S/C23H25NO5/c1-13-14(2)23(27)29-21-15(3)20(11-10-18(13)21)28-16(4)22(26)24-12-19(25)17-8-6-5-7-9-17/h5-11,16,19,25H,12H2,1-4H3,(H,24,26). The second-order valence-electron chi connectivity index (χ2n) is 7.14. The zero-order valence-electron chi connectivity index (χ0n) is 17.0. The third kappa shape index (κ3) is 4.32. The summed E-state index contributed by atoms with van der Waals surface area (Å²) in [5.41, 5.74) is 2.92. The van der Waals surface area contributed by atoms with Crippen LogP contribution in [0.5, 0.6) is 5.75 Å². The van der Waals surface area contributed by atoms with Gasteiger partial charge in [-0.2, -0.15) is 0 Å². The van der Waals surface area contributed by atoms with Gasteiger partial charge in [0.05, 0.1) is 6.10 Å². The van der Waals surface area contributed by atoms with Crippen molar-refractivity contribution in [3.05, 3.63) is 75.1 Å². The zero-order chi connectivity index (χ0) is 21.1. The molecule has 29 heavy (non-hydrogen) atoms. The highest BCUT2D eigenvalue weighted by atomic mass is 16.5. The maximum Gasteiger partial charge on any atom is 0.339 e. The van der Waals surface area contributed by atoms with Gasteiger partial charge in [0.15, 0.2) is 6.10 Å². The van der Waals surface area contributed by atoms with Crippen LogP contribution in [0, 0.1) is 20.8 Å². The molecule has 0 bridgehead atoms. The van der Waals surface area contributed by atoms with Crippen LogP contribution in [0.1, 0.15) is 35.3 Å². The number of amides is 1. The van der Waals surface area contributed by atoms with Crippen LogP contribution >= 0.6 is 0 Å². The Morgan fingerprint density at radius 1 is 1.07 bits per heavy atom. The predicted molar refractivity (Wildman–Crippen MR) is 111 cm³/mol. The van der Waals surface area contributed by atoms with Crippen LogP contribution in [0.15, 0.2) is 51.7 Å². The molecule has 0 fully saturated rings. The highest BCUT2D eigenvalue weighted by Crippen LogP contribution is 2.29. The normalized spacial score (nSPS) is 13.1. The monoisotopic (exact) mass is 395 g/mol. The van der Waals surface area contributed by atoms with Crippen molar-refractivity contribution in [1.82, 2.24) is 5.32 Å². The van der Waals surface area contributed by atoms with Gasteiger partial charge in [0, 0.05) is 23.1 Å². The number of aliphatic hydroxyl groups excluding tert-OH is 1. The minimum Gasteiger partial charge on any atom is -0.480 e. The van der Waals surface area contributed by atoms with E-state index in [9.17, 15) is 14.7 Å². The molecule has 152 valence electrons. The summed E-state index contributed by atoms with van der Waals surface area (Å²) in [7, 11) is 0. The molecule has 0 aliphatic carbocycles. The summed E-state index contributed by atoms with van der Waals surface area (Å²) in [6.45, 7) is 7.11. The summed E-state index contributed by atoms with van der Waals surface area (Å²) >= 11 is 0. The summed E-state index contributed by atoms with van der Waals surface area (Å²) in [4.78, 5) is 24.4. The number of benzene rings is 2. The van der Waals surface area contributed by atoms with E-state index in [2.05, 4.69) is 5.32 Å². The largest absolute Gasteiger partial charge is 0.480 e. The van der Waals surface area contributed by atoms with E-state index >= 15 is 0 Å². The average Bonchev–Trinajstić information content (AvgIpc) is 2.73. The SMILES string of the molecule is Cc1c(C)c2ccc(OC(C)C(=O)NCC(O)c3ccccc3)c(C)c2oc1=O. The number of fused-ring (bicyclic) bond motifs is 1. The maximum absolute atomic E-state index is 12.4. The highest BCUT2D eigenvalue weighted by molar-refractivity contribution is 5.86. The molecular formula is C23H25NO5. The molecule has 3 aromatic rings. The van der Waals surface area contributed by atoms with Gasteiger partial charge in [0.1, 0.15) is 11.3 Å². The molecule has 6 heteroatoms. The van der Waals surface area contributed by atoms with Gasteiger partial charge in [-0.05, 0) is 51.0 Å². The molecule has 0 spiro atoms. The number of hydrogen-bond acceptors (Lipinski definition) is 5. The van der Waals surface area contributed by atoms with Crippen molar-refractivity contribution in [3.63, 3.8) is 0 Å². The Morgan fingerprint density at radius 3 is 2.45 bits per heavy atom. The molecule has 2 unspecified atom stereocenters. The molecule has 3 rings (SSSR count). The van der Waals surface area contributed by atoms with Crippen molar-refractivity contribution in [1.29, 1.82) is 0 Å². The van der Waals surface area contributed by atoms with Crippen LogP contribution in [-0.2, 0) is 4.79 Å². The smallest absolute Gasteiger partial charge is 0.339 e. The average molecular weight is 395 g/mol. The lowest BCUT2D eigenvalue weighted by molar-refractivity contribution is -0.127. The number of carbonyl (C=O) groups excluding carboxylic acids is 1. The first-order valence-electron chi connectivity index (χ1n) is 9.50. The first kappa shape index (κ1) is 20.6. The van der Waals surface area contributed by atoms with Gasteiger partial charge < -0.3 is 19.6 Å². The molecule has 2 N–H and O–H groups in total. The number of ether oxygens (including phenoxy) is 1. The maximum atomic E-state index is 12.4. The second kappa shape index (κ2) is 8.49. The van der Waals surface area contributed by atoms with Crippen molar-refractivity contribution in [2.24, 2.45) is 0 Å². The van der Waals surface area contributed by atoms with E-state index in [0.717, 1.165) is 16.5 Å². The number of aliphatic hydroxyl groups is 1. The predicted octanol–water partition coefficient (Wildman–Crippen LogP) is 3.34. The fourth-order valence-electron chi connectivity index (χ4n) is 3.13. The Hall–Kier alpha value is -3.12. The van der Waals surface area contributed by atoms with Gasteiger partial charge in [0.2, 0.25) is 0 Å². The number of carbonyl (C=O) groups is 1. The second-order valence-corrected chi connectivity index (χ2v) is 7.14. The lowest BCUT2D eigenvalue weighted by atomic mass is 10.0. The van der Waals surface area contributed by atoms with Gasteiger partial charge in [-0.25, -0.2) is 4.79 Å². The minimum absolute atomic E-state index is 0.0839. The number of nitrogens with one attached hydrogen (secondary N) is 1. The molecule has 0 saturated carbocycles. The van der Waals surface area contributed by atoms with Gasteiger partial charge in [-0.15, -0.1) is 0 Å². The lowest BCUT2D eigenvalue weighted by Gasteiger charge is -2.18. The van der Waals surface area contributed by atoms with E-state index in [0.29, 0.717) is 22.5 Å². The highest BCUT2D eigenvalue weighted by Gasteiger charge is 2.19. The van der Waals surface area contributed by atoms with E-state index in [1.807, 2.05) is 31.2 Å². The number of hydrogen-bond donors (Lipinski definition) is 2. The summed E-state index contributed by atoms with van der Waals surface area (Å²) in [6.07, 6.45) is -1.58. The Balaban J connectivity index is 1.71. The summed E-state index contributed by atoms with van der Waals surface area (Å²) in [5.74, 6) is 0.121. The van der Waals surface area contributed by atoms with Crippen molar-refractivity contribution < 1.29 is 19.1 Å². The Bertz CT molecular complexity index is 1090. The fraction of sp³-hybridized carbons (Fsp3) is 0.304. The molecule has 1 amide bonds. The summed E-state index contributed by atoms with van der Waals surface area (Å²) < 4.78 is 11.3. The third-order valence-corrected chi connectivity index (χ3v) is 5.15. The molecule has 0 saturated heterocycles. The Labute approximate surface area is 169 Å². The molecule has 6 nitrogen and oxygen atoms in total. The van der Waals surface area contributed by atoms with Crippen LogP contribution in [-0.4, -0.2) is 23.7 Å². The van der Waals surface area contributed by atoms with Crippen LogP contribution in [0.2, 0.25) is 0 Å². The van der Waals surface area contributed by atoms with E-state index in [1.165, 1.54) is 0 Å². The zero-order valence-corrected chi connectivity index (χ0v) is 17.0. The third-order valence-electron chi connectivity index (χ3n) is 5.15. The molecule has 0 aliphatic rings. The summed E-state index contributed by atoms with van der Waals surface area (Å²) in [6, 6.07) is 12.7. The molecule has 1 aromatic heterocycles. The van der Waals surface area contributed by atoms with E-state index in [1.54, 1.807) is 39.0 Å². The first-order chi connectivity index (χ1) is 13.8. The molecule has 1 heterocycles. The van der Waals surface area contributed by atoms with Crippen molar-refractivity contribution >= 4 is 16.9 Å². The van der Waals surface area contributed by atoms with Gasteiger partial charge >= 0.3 is 5.63 Å². The number of rotatable bonds is 6. The van der Waals surface area contributed by atoms with E-state index < -0.39 is 12.2 Å². The van der Waals surface area contributed by atoms with Crippen LogP contribution in [0.25, 0.3) is 11.0 Å². The Kier molecular flexibility index (Phi) is 6.03. The molecular weight excluding hydrogens is 370 g/mol. The van der Waals surface area contributed by atoms with Crippen molar-refractivity contribution in [3.8, 4) is 5.75 Å². The van der Waals surface area contributed by atoms with Gasteiger partial charge in [-0.3, -0.25) is 4.79 Å². The molecule has 0 radical (unpaired) electrons. The Morgan fingerprint density at radius 2 is 1.76 bits per heavy atom. The van der Waals surface area contributed by atoms with Crippen LogP contribution in [0.4, 0.5) is 0 Å².